The lowest BCUT2D eigenvalue weighted by molar-refractivity contribution is 0.267. The lowest BCUT2D eigenvalue weighted by Crippen LogP contribution is -2.40. The summed E-state index contributed by atoms with van der Waals surface area (Å²) in [6.45, 7) is 4.60. The van der Waals surface area contributed by atoms with Crippen molar-refractivity contribution < 1.29 is 4.74 Å². The summed E-state index contributed by atoms with van der Waals surface area (Å²) in [4.78, 5) is 7.78. The number of H-pyrrole nitrogens is 1. The van der Waals surface area contributed by atoms with Gasteiger partial charge in [0.25, 0.3) is 0 Å². The predicted molar refractivity (Wildman–Crippen MR) is 131 cm³/mol. The van der Waals surface area contributed by atoms with Gasteiger partial charge < -0.3 is 20.4 Å². The van der Waals surface area contributed by atoms with Crippen LogP contribution in [0.3, 0.4) is 0 Å². The molecular formula is C23H29IN4O. The average molecular weight is 504 g/mol. The highest BCUT2D eigenvalue weighted by Gasteiger charge is 2.21. The van der Waals surface area contributed by atoms with E-state index >= 15 is 0 Å². The van der Waals surface area contributed by atoms with Crippen molar-refractivity contribution in [1.29, 1.82) is 0 Å². The first-order valence-corrected chi connectivity index (χ1v) is 9.98. The summed E-state index contributed by atoms with van der Waals surface area (Å²) in [7, 11) is 1.82. The van der Waals surface area contributed by atoms with Gasteiger partial charge >= 0.3 is 0 Å². The molecule has 6 heteroatoms. The second-order valence-corrected chi connectivity index (χ2v) is 7.31. The molecule has 2 heterocycles. The van der Waals surface area contributed by atoms with E-state index in [-0.39, 0.29) is 24.0 Å². The van der Waals surface area contributed by atoms with Gasteiger partial charge in [0.2, 0.25) is 0 Å². The third-order valence-electron chi connectivity index (χ3n) is 5.52. The maximum Gasteiger partial charge on any atom is 0.191 e. The number of para-hydroxylation sites is 2. The van der Waals surface area contributed by atoms with E-state index in [9.17, 15) is 0 Å². The Morgan fingerprint density at radius 1 is 1.17 bits per heavy atom. The topological polar surface area (TPSA) is 61.4 Å². The minimum Gasteiger partial charge on any atom is -0.493 e. The highest BCUT2D eigenvalue weighted by Crippen LogP contribution is 2.32. The molecule has 0 radical (unpaired) electrons. The molecule has 4 rings (SSSR count). The van der Waals surface area contributed by atoms with Crippen LogP contribution < -0.4 is 15.4 Å². The number of nitrogens with one attached hydrogen (secondary N) is 3. The monoisotopic (exact) mass is 504 g/mol. The Hall–Kier alpha value is -2.22. The van der Waals surface area contributed by atoms with Crippen LogP contribution in [0.25, 0.3) is 10.9 Å². The molecule has 1 aromatic heterocycles. The van der Waals surface area contributed by atoms with Gasteiger partial charge in [0.1, 0.15) is 5.75 Å². The Kier molecular flexibility index (Phi) is 7.41. The van der Waals surface area contributed by atoms with Crippen molar-refractivity contribution in [2.75, 3.05) is 26.7 Å². The van der Waals surface area contributed by atoms with Crippen LogP contribution in [0.2, 0.25) is 0 Å². The first kappa shape index (κ1) is 21.5. The van der Waals surface area contributed by atoms with Gasteiger partial charge in [0, 0.05) is 43.2 Å². The second kappa shape index (κ2) is 10.0. The fourth-order valence-corrected chi connectivity index (χ4v) is 3.95. The summed E-state index contributed by atoms with van der Waals surface area (Å²) in [6.07, 6.45) is 4.09. The number of hydrogen-bond donors (Lipinski definition) is 3. The van der Waals surface area contributed by atoms with Crippen molar-refractivity contribution >= 4 is 40.8 Å². The van der Waals surface area contributed by atoms with Crippen molar-refractivity contribution in [3.05, 3.63) is 65.4 Å². The Balaban J connectivity index is 0.00000240. The lowest BCUT2D eigenvalue weighted by Gasteiger charge is -2.26. The molecule has 0 aliphatic carbocycles. The van der Waals surface area contributed by atoms with E-state index in [1.807, 2.05) is 13.1 Å². The van der Waals surface area contributed by atoms with E-state index in [4.69, 9.17) is 4.74 Å². The highest BCUT2D eigenvalue weighted by atomic mass is 127. The highest BCUT2D eigenvalue weighted by molar-refractivity contribution is 14.0. The minimum atomic E-state index is 0. The number of rotatable bonds is 5. The van der Waals surface area contributed by atoms with Crippen LogP contribution in [-0.2, 0) is 6.42 Å². The molecule has 0 saturated heterocycles. The number of fused-ring (bicyclic) bond motifs is 2. The van der Waals surface area contributed by atoms with E-state index in [1.54, 1.807) is 0 Å². The SMILES string of the molecule is CN=C(NCCc1c[nH]c2c(C)cccc12)NCC1CCOc2ccccc21.I. The molecule has 3 aromatic rings. The fraction of sp³-hybridized carbons (Fsp3) is 0.348. The number of aliphatic imine (C=N–C) groups is 1. The Bertz CT molecular complexity index is 982. The van der Waals surface area contributed by atoms with E-state index in [1.165, 1.54) is 27.6 Å². The Morgan fingerprint density at radius 3 is 2.90 bits per heavy atom. The number of aryl methyl sites for hydroxylation is 1. The van der Waals surface area contributed by atoms with E-state index in [0.29, 0.717) is 5.92 Å². The number of benzene rings is 2. The van der Waals surface area contributed by atoms with E-state index in [2.05, 4.69) is 70.1 Å². The number of aromatic nitrogens is 1. The van der Waals surface area contributed by atoms with Crippen LogP contribution in [0.4, 0.5) is 0 Å². The number of halogens is 1. The average Bonchev–Trinajstić information content (AvgIpc) is 3.15. The fourth-order valence-electron chi connectivity index (χ4n) is 3.95. The van der Waals surface area contributed by atoms with Gasteiger partial charge in [0.15, 0.2) is 5.96 Å². The van der Waals surface area contributed by atoms with Crippen LogP contribution in [0.5, 0.6) is 5.75 Å². The summed E-state index contributed by atoms with van der Waals surface area (Å²) in [5.41, 5.74) is 5.13. The maximum atomic E-state index is 5.76. The zero-order valence-corrected chi connectivity index (χ0v) is 19.3. The van der Waals surface area contributed by atoms with Gasteiger partial charge in [-0.1, -0.05) is 36.4 Å². The number of hydrogen-bond acceptors (Lipinski definition) is 2. The number of nitrogens with zero attached hydrogens (tertiary/aromatic N) is 1. The molecule has 1 aliphatic heterocycles. The maximum absolute atomic E-state index is 5.76. The van der Waals surface area contributed by atoms with Gasteiger partial charge in [-0.15, -0.1) is 24.0 Å². The van der Waals surface area contributed by atoms with Gasteiger partial charge in [0.05, 0.1) is 6.61 Å². The van der Waals surface area contributed by atoms with Crippen molar-refractivity contribution in [2.45, 2.75) is 25.7 Å². The van der Waals surface area contributed by atoms with Crippen LogP contribution in [0.15, 0.2) is 53.7 Å². The molecule has 5 nitrogen and oxygen atoms in total. The zero-order chi connectivity index (χ0) is 19.3. The quantitative estimate of drug-likeness (QED) is 0.275. The molecule has 29 heavy (non-hydrogen) atoms. The summed E-state index contributed by atoms with van der Waals surface area (Å²) >= 11 is 0. The molecule has 0 fully saturated rings. The predicted octanol–water partition coefficient (Wildman–Crippen LogP) is 4.37. The third-order valence-corrected chi connectivity index (χ3v) is 5.52. The molecule has 2 aromatic carbocycles. The van der Waals surface area contributed by atoms with Crippen LogP contribution in [0, 0.1) is 6.92 Å². The second-order valence-electron chi connectivity index (χ2n) is 7.31. The van der Waals surface area contributed by atoms with Crippen LogP contribution in [0.1, 0.15) is 29.0 Å². The smallest absolute Gasteiger partial charge is 0.191 e. The third kappa shape index (κ3) is 4.86. The normalized spacial score (nSPS) is 15.9. The number of aromatic amines is 1. The van der Waals surface area contributed by atoms with Gasteiger partial charge in [-0.05, 0) is 42.5 Å². The molecule has 3 N–H and O–H groups in total. The molecular weight excluding hydrogens is 475 g/mol. The molecule has 1 unspecified atom stereocenters. The van der Waals surface area contributed by atoms with Gasteiger partial charge in [-0.3, -0.25) is 4.99 Å². The first-order valence-electron chi connectivity index (χ1n) is 9.98. The van der Waals surface area contributed by atoms with Crippen LogP contribution >= 0.6 is 24.0 Å². The van der Waals surface area contributed by atoms with Crippen molar-refractivity contribution in [2.24, 2.45) is 4.99 Å². The standard InChI is InChI=1S/C23H28N4O.HI/c1-16-6-5-8-20-17(14-26-22(16)20)10-12-25-23(24-2)27-15-18-11-13-28-21-9-4-3-7-19(18)21;/h3-9,14,18,26H,10-13,15H2,1-2H3,(H2,24,25,27);1H. The molecule has 1 atom stereocenters. The molecule has 0 amide bonds. The molecule has 154 valence electrons. The van der Waals surface area contributed by atoms with Gasteiger partial charge in [-0.25, -0.2) is 0 Å². The molecule has 0 bridgehead atoms. The first-order chi connectivity index (χ1) is 13.8. The molecule has 0 spiro atoms. The zero-order valence-electron chi connectivity index (χ0n) is 17.0. The molecule has 1 aliphatic rings. The van der Waals surface area contributed by atoms with Crippen molar-refractivity contribution in [1.82, 2.24) is 15.6 Å². The van der Waals surface area contributed by atoms with Crippen molar-refractivity contribution in [3.63, 3.8) is 0 Å². The van der Waals surface area contributed by atoms with E-state index in [0.717, 1.165) is 44.2 Å². The summed E-state index contributed by atoms with van der Waals surface area (Å²) < 4.78 is 5.76. The Morgan fingerprint density at radius 2 is 2.03 bits per heavy atom. The van der Waals surface area contributed by atoms with Crippen molar-refractivity contribution in [3.8, 4) is 5.75 Å². The summed E-state index contributed by atoms with van der Waals surface area (Å²) in [6, 6.07) is 14.8. The van der Waals surface area contributed by atoms with Gasteiger partial charge in [-0.2, -0.15) is 0 Å². The largest absolute Gasteiger partial charge is 0.493 e. The number of guanidine groups is 1. The molecule has 0 saturated carbocycles. The lowest BCUT2D eigenvalue weighted by atomic mass is 9.93. The van der Waals surface area contributed by atoms with Crippen LogP contribution in [-0.4, -0.2) is 37.7 Å². The Labute approximate surface area is 189 Å². The summed E-state index contributed by atoms with van der Waals surface area (Å²) in [5, 5.41) is 8.24. The summed E-state index contributed by atoms with van der Waals surface area (Å²) in [5.74, 6) is 2.30. The minimum absolute atomic E-state index is 0. The number of ether oxygens (including phenoxy) is 1. The van der Waals surface area contributed by atoms with E-state index < -0.39 is 0 Å².